The van der Waals surface area contributed by atoms with Crippen LogP contribution in [0.2, 0.25) is 0 Å². The van der Waals surface area contributed by atoms with Crippen LogP contribution in [0.3, 0.4) is 0 Å². The molecular weight excluding hydrogens is 278 g/mol. The van der Waals surface area contributed by atoms with Crippen molar-refractivity contribution in [3.8, 4) is 0 Å². The summed E-state index contributed by atoms with van der Waals surface area (Å²) in [5.41, 5.74) is 1.30. The molecule has 0 aliphatic heterocycles. The summed E-state index contributed by atoms with van der Waals surface area (Å²) >= 11 is 1.91. The zero-order valence-electron chi connectivity index (χ0n) is 14.1. The number of thiazole rings is 1. The van der Waals surface area contributed by atoms with E-state index in [1.54, 1.807) is 0 Å². The Hall–Kier alpha value is -0.610. The van der Waals surface area contributed by atoms with Gasteiger partial charge in [-0.05, 0) is 32.2 Å². The van der Waals surface area contributed by atoms with Gasteiger partial charge in [-0.25, -0.2) is 4.98 Å². The number of hydrogen-bond donors (Lipinski definition) is 1. The molecule has 1 N–H and O–H groups in total. The van der Waals surface area contributed by atoms with Gasteiger partial charge in [0.05, 0.1) is 5.69 Å². The van der Waals surface area contributed by atoms with Crippen molar-refractivity contribution in [2.75, 3.05) is 18.0 Å². The van der Waals surface area contributed by atoms with Crippen LogP contribution in [0.15, 0.2) is 0 Å². The minimum absolute atomic E-state index is 0.508. The van der Waals surface area contributed by atoms with Gasteiger partial charge >= 0.3 is 0 Å². The molecule has 1 fully saturated rings. The van der Waals surface area contributed by atoms with Crippen LogP contribution in [0.1, 0.15) is 76.3 Å². The Labute approximate surface area is 134 Å². The molecule has 120 valence electrons. The second-order valence-corrected chi connectivity index (χ2v) is 7.38. The van der Waals surface area contributed by atoms with E-state index in [4.69, 9.17) is 4.98 Å². The predicted molar refractivity (Wildman–Crippen MR) is 93.5 cm³/mol. The van der Waals surface area contributed by atoms with Crippen molar-refractivity contribution in [1.29, 1.82) is 0 Å². The molecule has 21 heavy (non-hydrogen) atoms. The largest absolute Gasteiger partial charge is 0.345 e. The Morgan fingerprint density at radius 3 is 2.52 bits per heavy atom. The van der Waals surface area contributed by atoms with Crippen LogP contribution in [0.4, 0.5) is 5.13 Å². The topological polar surface area (TPSA) is 28.2 Å². The molecule has 1 aliphatic carbocycles. The number of hydrogen-bond acceptors (Lipinski definition) is 4. The lowest BCUT2D eigenvalue weighted by atomic mass is 9.94. The maximum atomic E-state index is 5.01. The van der Waals surface area contributed by atoms with Gasteiger partial charge in [-0.1, -0.05) is 40.0 Å². The average Bonchev–Trinajstić information content (AvgIpc) is 2.91. The molecular formula is C17H31N3S. The number of rotatable bonds is 7. The van der Waals surface area contributed by atoms with Gasteiger partial charge in [0.25, 0.3) is 0 Å². The van der Waals surface area contributed by atoms with E-state index < -0.39 is 0 Å². The lowest BCUT2D eigenvalue weighted by Crippen LogP contribution is -2.36. The van der Waals surface area contributed by atoms with Gasteiger partial charge in [-0.2, -0.15) is 0 Å². The van der Waals surface area contributed by atoms with Gasteiger partial charge in [-0.3, -0.25) is 0 Å². The van der Waals surface area contributed by atoms with Crippen LogP contribution >= 0.6 is 11.3 Å². The highest BCUT2D eigenvalue weighted by Gasteiger charge is 2.24. The normalized spacial score (nSPS) is 16.6. The second-order valence-electron chi connectivity index (χ2n) is 6.32. The Balaban J connectivity index is 2.19. The third-order valence-electron chi connectivity index (χ3n) is 4.40. The second kappa shape index (κ2) is 8.14. The third-order valence-corrected chi connectivity index (χ3v) is 5.51. The highest BCUT2D eigenvalue weighted by atomic mass is 32.1. The molecule has 0 saturated heterocycles. The fourth-order valence-corrected chi connectivity index (χ4v) is 4.55. The molecule has 1 aromatic rings. The van der Waals surface area contributed by atoms with E-state index in [0.29, 0.717) is 12.0 Å². The fourth-order valence-electron chi connectivity index (χ4n) is 3.23. The Morgan fingerprint density at radius 1 is 1.24 bits per heavy atom. The van der Waals surface area contributed by atoms with Crippen molar-refractivity contribution >= 4 is 16.5 Å². The van der Waals surface area contributed by atoms with Gasteiger partial charge in [0.2, 0.25) is 0 Å². The molecule has 1 heterocycles. The fraction of sp³-hybridized carbons (Fsp3) is 0.824. The monoisotopic (exact) mass is 309 g/mol. The molecule has 1 aliphatic rings. The van der Waals surface area contributed by atoms with Gasteiger partial charge < -0.3 is 10.2 Å². The number of anilines is 1. The first-order chi connectivity index (χ1) is 10.2. The Morgan fingerprint density at radius 2 is 1.95 bits per heavy atom. The minimum atomic E-state index is 0.508. The van der Waals surface area contributed by atoms with Crippen molar-refractivity contribution < 1.29 is 0 Å². The SMILES string of the molecule is CCNCc1sc(N(CC)C2CCCCC2)nc1C(C)C. The lowest BCUT2D eigenvalue weighted by Gasteiger charge is -2.33. The molecule has 1 aromatic heterocycles. The van der Waals surface area contributed by atoms with Crippen molar-refractivity contribution in [3.05, 3.63) is 10.6 Å². The van der Waals surface area contributed by atoms with E-state index in [2.05, 4.69) is 37.9 Å². The van der Waals surface area contributed by atoms with Gasteiger partial charge in [0, 0.05) is 24.0 Å². The smallest absolute Gasteiger partial charge is 0.186 e. The number of aromatic nitrogens is 1. The molecule has 0 spiro atoms. The van der Waals surface area contributed by atoms with Gasteiger partial charge in [0.15, 0.2) is 5.13 Å². The van der Waals surface area contributed by atoms with E-state index >= 15 is 0 Å². The summed E-state index contributed by atoms with van der Waals surface area (Å²) in [6, 6.07) is 0.710. The molecule has 1 saturated carbocycles. The number of nitrogens with one attached hydrogen (secondary N) is 1. The first-order valence-corrected chi connectivity index (χ1v) is 9.45. The summed E-state index contributed by atoms with van der Waals surface area (Å²) in [4.78, 5) is 9.00. The zero-order chi connectivity index (χ0) is 15.2. The zero-order valence-corrected chi connectivity index (χ0v) is 14.9. The van der Waals surface area contributed by atoms with Crippen LogP contribution in [0.25, 0.3) is 0 Å². The van der Waals surface area contributed by atoms with Crippen LogP contribution in [0, 0.1) is 0 Å². The summed E-state index contributed by atoms with van der Waals surface area (Å²) < 4.78 is 0. The van der Waals surface area contributed by atoms with Crippen molar-refractivity contribution in [2.45, 2.75) is 78.3 Å². The summed E-state index contributed by atoms with van der Waals surface area (Å²) in [6.07, 6.45) is 6.86. The minimum Gasteiger partial charge on any atom is -0.345 e. The molecule has 0 bridgehead atoms. The standard InChI is InChI=1S/C17H31N3S/c1-5-18-12-15-16(13(3)4)19-17(21-15)20(6-2)14-10-8-7-9-11-14/h13-14,18H,5-12H2,1-4H3. The van der Waals surface area contributed by atoms with E-state index in [0.717, 1.165) is 19.6 Å². The van der Waals surface area contributed by atoms with Gasteiger partial charge in [-0.15, -0.1) is 11.3 Å². The summed E-state index contributed by atoms with van der Waals surface area (Å²) in [6.45, 7) is 12.0. The molecule has 0 atom stereocenters. The summed E-state index contributed by atoms with van der Waals surface area (Å²) in [5.74, 6) is 0.508. The first kappa shape index (κ1) is 16.8. The first-order valence-electron chi connectivity index (χ1n) is 8.64. The summed E-state index contributed by atoms with van der Waals surface area (Å²) in [5, 5.41) is 4.71. The van der Waals surface area contributed by atoms with E-state index in [1.165, 1.54) is 47.8 Å². The quantitative estimate of drug-likeness (QED) is 0.802. The Bertz CT molecular complexity index is 422. The highest BCUT2D eigenvalue weighted by Crippen LogP contribution is 2.34. The maximum absolute atomic E-state index is 5.01. The molecule has 4 heteroatoms. The van der Waals surface area contributed by atoms with Crippen LogP contribution in [0.5, 0.6) is 0 Å². The molecule has 0 unspecified atom stereocenters. The van der Waals surface area contributed by atoms with Gasteiger partial charge in [0.1, 0.15) is 0 Å². The molecule has 0 amide bonds. The van der Waals surface area contributed by atoms with Crippen LogP contribution < -0.4 is 10.2 Å². The molecule has 0 radical (unpaired) electrons. The average molecular weight is 310 g/mol. The molecule has 2 rings (SSSR count). The predicted octanol–water partition coefficient (Wildman–Crippen LogP) is 4.54. The Kier molecular flexibility index (Phi) is 6.49. The van der Waals surface area contributed by atoms with Crippen molar-refractivity contribution in [2.24, 2.45) is 0 Å². The maximum Gasteiger partial charge on any atom is 0.186 e. The lowest BCUT2D eigenvalue weighted by molar-refractivity contribution is 0.417. The van der Waals surface area contributed by atoms with E-state index in [-0.39, 0.29) is 0 Å². The van der Waals surface area contributed by atoms with E-state index in [9.17, 15) is 0 Å². The number of nitrogens with zero attached hydrogens (tertiary/aromatic N) is 2. The van der Waals surface area contributed by atoms with Crippen molar-refractivity contribution in [3.63, 3.8) is 0 Å². The van der Waals surface area contributed by atoms with E-state index in [1.807, 2.05) is 11.3 Å². The van der Waals surface area contributed by atoms with Crippen molar-refractivity contribution in [1.82, 2.24) is 10.3 Å². The third kappa shape index (κ3) is 4.19. The summed E-state index contributed by atoms with van der Waals surface area (Å²) in [7, 11) is 0. The molecule has 0 aromatic carbocycles. The molecule has 3 nitrogen and oxygen atoms in total. The van der Waals surface area contributed by atoms with Crippen LogP contribution in [-0.2, 0) is 6.54 Å². The highest BCUT2D eigenvalue weighted by molar-refractivity contribution is 7.15. The van der Waals surface area contributed by atoms with Crippen LogP contribution in [-0.4, -0.2) is 24.1 Å².